The molecule has 0 spiro atoms. The first-order chi connectivity index (χ1) is 14.0. The molecule has 1 heterocycles. The monoisotopic (exact) mass is 431 g/mol. The number of hydrogen-bond donors (Lipinski definition) is 3. The van der Waals surface area contributed by atoms with Crippen molar-refractivity contribution < 1.29 is 18.5 Å². The minimum Gasteiger partial charge on any atom is -0.450 e. The first-order valence-electron chi connectivity index (χ1n) is 10.3. The second-order valence-electron chi connectivity index (χ2n) is 8.93. The standard InChI is InChI=1S/C22H29N3O4S/c1-12-8-9-16-17(12)10-14-6-5-7-15(14)20(16)24-21(26)25-30(23,28)19-11-18(13(2)29-19)22(3,4)27/h10-12,27H,5-9H2,1-4H3,(H3,23,24,25,26,28)/t12-,30?/m1/s1. The third-order valence-corrected chi connectivity index (χ3v) is 7.41. The summed E-state index contributed by atoms with van der Waals surface area (Å²) in [5, 5.41) is 18.9. The number of rotatable bonds is 3. The van der Waals surface area contributed by atoms with Crippen LogP contribution in [0.4, 0.5) is 10.5 Å². The predicted octanol–water partition coefficient (Wildman–Crippen LogP) is 4.29. The Balaban J connectivity index is 1.68. The van der Waals surface area contributed by atoms with E-state index in [4.69, 9.17) is 9.56 Å². The fraction of sp³-hybridized carbons (Fsp3) is 0.500. The SMILES string of the molecule is Cc1oc(S(N)(=O)=NC(=O)Nc2c3c(cc4c2CC[C@H]4C)CCC3)cc1C(C)(C)O. The zero-order chi connectivity index (χ0) is 21.8. The minimum absolute atomic E-state index is 0.121. The maximum atomic E-state index is 13.0. The third kappa shape index (κ3) is 3.68. The molecule has 2 atom stereocenters. The summed E-state index contributed by atoms with van der Waals surface area (Å²) < 4.78 is 22.2. The van der Waals surface area contributed by atoms with E-state index in [0.29, 0.717) is 17.2 Å². The number of fused-ring (bicyclic) bond motifs is 2. The van der Waals surface area contributed by atoms with Gasteiger partial charge in [0, 0.05) is 17.3 Å². The molecule has 2 aromatic rings. The summed E-state index contributed by atoms with van der Waals surface area (Å²) >= 11 is 0. The van der Waals surface area contributed by atoms with Crippen molar-refractivity contribution >= 4 is 21.6 Å². The minimum atomic E-state index is -3.60. The van der Waals surface area contributed by atoms with Gasteiger partial charge in [0.2, 0.25) is 5.09 Å². The van der Waals surface area contributed by atoms with Gasteiger partial charge in [-0.3, -0.25) is 0 Å². The second-order valence-corrected chi connectivity index (χ2v) is 10.7. The number of furan rings is 1. The van der Waals surface area contributed by atoms with Crippen LogP contribution in [-0.4, -0.2) is 15.3 Å². The first-order valence-corrected chi connectivity index (χ1v) is 11.9. The van der Waals surface area contributed by atoms with Crippen molar-refractivity contribution in [3.63, 3.8) is 0 Å². The summed E-state index contributed by atoms with van der Waals surface area (Å²) in [5.41, 5.74) is 4.98. The molecule has 1 aromatic heterocycles. The lowest BCUT2D eigenvalue weighted by Crippen LogP contribution is -2.19. The second kappa shape index (κ2) is 7.21. The Hall–Kier alpha value is -2.16. The van der Waals surface area contributed by atoms with Crippen LogP contribution in [0.25, 0.3) is 0 Å². The van der Waals surface area contributed by atoms with Gasteiger partial charge in [0.25, 0.3) is 0 Å². The Morgan fingerprint density at radius 1 is 1.30 bits per heavy atom. The van der Waals surface area contributed by atoms with Crippen LogP contribution in [0.1, 0.15) is 73.1 Å². The lowest BCUT2D eigenvalue weighted by molar-refractivity contribution is 0.0769. The van der Waals surface area contributed by atoms with Crippen molar-refractivity contribution in [3.8, 4) is 0 Å². The molecule has 0 saturated heterocycles. The molecule has 2 amide bonds. The van der Waals surface area contributed by atoms with Crippen LogP contribution in [0.3, 0.4) is 0 Å². The van der Waals surface area contributed by atoms with Crippen LogP contribution in [0.5, 0.6) is 0 Å². The number of aryl methyl sites for hydroxylation is 2. The molecule has 0 aliphatic heterocycles. The van der Waals surface area contributed by atoms with E-state index >= 15 is 0 Å². The molecule has 0 fully saturated rings. The topological polar surface area (TPSA) is 118 Å². The summed E-state index contributed by atoms with van der Waals surface area (Å²) in [6.07, 6.45) is 4.94. The number of amides is 2. The Labute approximate surface area is 177 Å². The largest absolute Gasteiger partial charge is 0.450 e. The molecule has 2 aliphatic carbocycles. The van der Waals surface area contributed by atoms with Crippen molar-refractivity contribution in [2.75, 3.05) is 5.32 Å². The summed E-state index contributed by atoms with van der Waals surface area (Å²) in [6.45, 7) is 7.03. The van der Waals surface area contributed by atoms with E-state index < -0.39 is 21.5 Å². The van der Waals surface area contributed by atoms with Gasteiger partial charge in [-0.1, -0.05) is 13.0 Å². The van der Waals surface area contributed by atoms with Gasteiger partial charge in [0.15, 0.2) is 9.92 Å². The number of nitrogens with two attached hydrogens (primary N) is 1. The highest BCUT2D eigenvalue weighted by Crippen LogP contribution is 2.43. The Kier molecular flexibility index (Phi) is 5.07. The molecule has 0 saturated carbocycles. The predicted molar refractivity (Wildman–Crippen MR) is 116 cm³/mol. The van der Waals surface area contributed by atoms with Gasteiger partial charge in [-0.2, -0.15) is 0 Å². The molecule has 8 heteroatoms. The van der Waals surface area contributed by atoms with Crippen molar-refractivity contribution in [1.82, 2.24) is 0 Å². The Morgan fingerprint density at radius 2 is 2.03 bits per heavy atom. The highest BCUT2D eigenvalue weighted by molar-refractivity contribution is 7.91. The van der Waals surface area contributed by atoms with Crippen molar-refractivity contribution in [2.45, 2.75) is 76.4 Å². The van der Waals surface area contributed by atoms with Crippen molar-refractivity contribution in [1.29, 1.82) is 0 Å². The summed E-state index contributed by atoms with van der Waals surface area (Å²) in [7, 11) is -3.60. The maximum absolute atomic E-state index is 13.0. The van der Waals surface area contributed by atoms with E-state index in [0.717, 1.165) is 48.9 Å². The number of urea groups is 1. The number of aliphatic hydroxyl groups is 1. The molecule has 162 valence electrons. The average Bonchev–Trinajstić information content (AvgIpc) is 3.33. The van der Waals surface area contributed by atoms with Crippen LogP contribution >= 0.6 is 0 Å². The number of benzene rings is 1. The number of carbonyl (C=O) groups excluding carboxylic acids is 1. The molecule has 2 aliphatic rings. The molecular weight excluding hydrogens is 402 g/mol. The molecule has 7 nitrogen and oxygen atoms in total. The molecule has 30 heavy (non-hydrogen) atoms. The van der Waals surface area contributed by atoms with Crippen molar-refractivity contribution in [3.05, 3.63) is 45.7 Å². The van der Waals surface area contributed by atoms with Crippen LogP contribution in [0.2, 0.25) is 0 Å². The van der Waals surface area contributed by atoms with Gasteiger partial charge in [-0.05, 0) is 81.0 Å². The number of nitrogens with one attached hydrogen (secondary N) is 1. The molecule has 0 bridgehead atoms. The average molecular weight is 432 g/mol. The van der Waals surface area contributed by atoms with Crippen LogP contribution in [0.15, 0.2) is 26.0 Å². The fourth-order valence-electron chi connectivity index (χ4n) is 4.69. The smallest absolute Gasteiger partial charge is 0.354 e. The molecular formula is C22H29N3O4S. The summed E-state index contributed by atoms with van der Waals surface area (Å²) in [5.74, 6) is 0.850. The maximum Gasteiger partial charge on any atom is 0.354 e. The fourth-order valence-corrected chi connectivity index (χ4v) is 5.61. The van der Waals surface area contributed by atoms with E-state index in [1.54, 1.807) is 20.8 Å². The molecule has 0 radical (unpaired) electrons. The van der Waals surface area contributed by atoms with Crippen LogP contribution in [0, 0.1) is 6.92 Å². The van der Waals surface area contributed by atoms with E-state index in [1.807, 2.05) is 0 Å². The number of nitrogens with zero attached hydrogens (tertiary/aromatic N) is 1. The van der Waals surface area contributed by atoms with Crippen LogP contribution < -0.4 is 10.5 Å². The first kappa shape index (κ1) is 21.1. The van der Waals surface area contributed by atoms with E-state index in [2.05, 4.69) is 22.7 Å². The molecule has 1 unspecified atom stereocenters. The third-order valence-electron chi connectivity index (χ3n) is 6.19. The van der Waals surface area contributed by atoms with Gasteiger partial charge in [-0.15, -0.1) is 4.36 Å². The van der Waals surface area contributed by atoms with Crippen LogP contribution in [-0.2, 0) is 34.8 Å². The van der Waals surface area contributed by atoms with Gasteiger partial charge >= 0.3 is 6.03 Å². The zero-order valence-corrected chi connectivity index (χ0v) is 18.7. The van der Waals surface area contributed by atoms with Gasteiger partial charge < -0.3 is 14.8 Å². The summed E-state index contributed by atoms with van der Waals surface area (Å²) in [6, 6.07) is 2.95. The highest BCUT2D eigenvalue weighted by atomic mass is 32.2. The number of hydrogen-bond acceptors (Lipinski definition) is 4. The van der Waals surface area contributed by atoms with E-state index in [1.165, 1.54) is 17.2 Å². The Bertz CT molecular complexity index is 1150. The molecule has 4 rings (SSSR count). The number of anilines is 1. The zero-order valence-electron chi connectivity index (χ0n) is 17.9. The normalized spacial score (nSPS) is 19.9. The van der Waals surface area contributed by atoms with Gasteiger partial charge in [0.05, 0.1) is 5.60 Å². The highest BCUT2D eigenvalue weighted by Gasteiger charge is 2.29. The number of carbonyl (C=O) groups is 1. The summed E-state index contributed by atoms with van der Waals surface area (Å²) in [4.78, 5) is 12.7. The quantitative estimate of drug-likeness (QED) is 0.672. The lowest BCUT2D eigenvalue weighted by atomic mass is 9.96. The van der Waals surface area contributed by atoms with E-state index in [9.17, 15) is 14.1 Å². The lowest BCUT2D eigenvalue weighted by Gasteiger charge is -2.16. The van der Waals surface area contributed by atoms with Gasteiger partial charge in [0.1, 0.15) is 5.76 Å². The Morgan fingerprint density at radius 3 is 2.70 bits per heavy atom. The van der Waals surface area contributed by atoms with Gasteiger partial charge in [-0.25, -0.2) is 14.1 Å². The molecule has 4 N–H and O–H groups in total. The van der Waals surface area contributed by atoms with Crippen molar-refractivity contribution in [2.24, 2.45) is 9.50 Å². The molecule has 1 aromatic carbocycles. The van der Waals surface area contributed by atoms with E-state index in [-0.39, 0.29) is 5.09 Å².